The van der Waals surface area contributed by atoms with Crippen LogP contribution in [0.1, 0.15) is 6.42 Å². The number of hydrogen-bond acceptors (Lipinski definition) is 2. The molecule has 0 aliphatic heterocycles. The number of nitrogens with zero attached hydrogens (tertiary/aromatic N) is 1. The molecule has 5 heteroatoms. The number of aromatic hydroxyl groups is 1. The van der Waals surface area contributed by atoms with Crippen LogP contribution in [0, 0.1) is 0 Å². The Bertz CT molecular complexity index is 547. The molecule has 0 aliphatic carbocycles. The average molecular weight is 240 g/mol. The normalized spacial score (nSPS) is 10.8. The predicted octanol–water partition coefficient (Wildman–Crippen LogP) is 2.48. The Labute approximate surface area is 96.7 Å². The lowest BCUT2D eigenvalue weighted by Gasteiger charge is -2.06. The van der Waals surface area contributed by atoms with Gasteiger partial charge in [0, 0.05) is 11.9 Å². The fourth-order valence-corrected chi connectivity index (χ4v) is 1.98. The van der Waals surface area contributed by atoms with Gasteiger partial charge < -0.3 is 14.8 Å². The molecule has 0 spiro atoms. The minimum atomic E-state index is -0.895. The number of carboxylic acids is 1. The van der Waals surface area contributed by atoms with E-state index in [0.717, 1.165) is 5.39 Å². The van der Waals surface area contributed by atoms with E-state index in [9.17, 15) is 9.90 Å². The fraction of sp³-hybridized carbons (Fsp3) is 0.182. The van der Waals surface area contributed by atoms with E-state index in [4.69, 9.17) is 16.7 Å². The maximum Gasteiger partial charge on any atom is 0.305 e. The van der Waals surface area contributed by atoms with Gasteiger partial charge in [0.2, 0.25) is 0 Å². The van der Waals surface area contributed by atoms with Crippen LogP contribution in [0.25, 0.3) is 10.9 Å². The molecule has 2 N–H and O–H groups in total. The summed E-state index contributed by atoms with van der Waals surface area (Å²) in [6.45, 7) is 0.245. The van der Waals surface area contributed by atoms with Crippen LogP contribution in [0.4, 0.5) is 0 Å². The number of benzene rings is 1. The highest BCUT2D eigenvalue weighted by Crippen LogP contribution is 2.30. The van der Waals surface area contributed by atoms with E-state index in [2.05, 4.69) is 0 Å². The zero-order valence-corrected chi connectivity index (χ0v) is 9.11. The number of aromatic nitrogens is 1. The van der Waals surface area contributed by atoms with Crippen molar-refractivity contribution in [2.45, 2.75) is 13.0 Å². The summed E-state index contributed by atoms with van der Waals surface area (Å²) < 4.78 is 1.60. The van der Waals surface area contributed by atoms with Crippen LogP contribution >= 0.6 is 11.6 Å². The van der Waals surface area contributed by atoms with Gasteiger partial charge >= 0.3 is 5.97 Å². The van der Waals surface area contributed by atoms with Crippen molar-refractivity contribution in [3.63, 3.8) is 0 Å². The van der Waals surface area contributed by atoms with Gasteiger partial charge in [-0.1, -0.05) is 23.7 Å². The molecule has 0 unspecified atom stereocenters. The lowest BCUT2D eigenvalue weighted by atomic mass is 10.2. The molecule has 16 heavy (non-hydrogen) atoms. The number of aryl methyl sites for hydroxylation is 1. The molecule has 2 aromatic rings. The second-order valence-corrected chi connectivity index (χ2v) is 3.86. The third-order valence-electron chi connectivity index (χ3n) is 2.40. The zero-order valence-electron chi connectivity index (χ0n) is 8.35. The molecule has 0 fully saturated rings. The Hall–Kier alpha value is -1.68. The van der Waals surface area contributed by atoms with Crippen LogP contribution in [0.2, 0.25) is 5.15 Å². The number of para-hydroxylation sites is 1. The van der Waals surface area contributed by atoms with E-state index < -0.39 is 5.97 Å². The minimum absolute atomic E-state index is 0.0299. The van der Waals surface area contributed by atoms with E-state index in [1.54, 1.807) is 22.8 Å². The minimum Gasteiger partial charge on any atom is -0.506 e. The van der Waals surface area contributed by atoms with E-state index in [0.29, 0.717) is 10.7 Å². The summed E-state index contributed by atoms with van der Waals surface area (Å²) in [6, 6.07) is 6.79. The largest absolute Gasteiger partial charge is 0.506 e. The van der Waals surface area contributed by atoms with Gasteiger partial charge in [-0.05, 0) is 12.1 Å². The molecule has 1 aromatic heterocycles. The van der Waals surface area contributed by atoms with E-state index >= 15 is 0 Å². The van der Waals surface area contributed by atoms with Crippen LogP contribution in [-0.2, 0) is 11.3 Å². The van der Waals surface area contributed by atoms with E-state index in [1.165, 1.54) is 0 Å². The van der Waals surface area contributed by atoms with Crippen molar-refractivity contribution >= 4 is 28.5 Å². The van der Waals surface area contributed by atoms with Gasteiger partial charge in [0.05, 0.1) is 11.9 Å². The second-order valence-electron chi connectivity index (χ2n) is 3.48. The first-order valence-electron chi connectivity index (χ1n) is 4.78. The van der Waals surface area contributed by atoms with Gasteiger partial charge in [0.25, 0.3) is 0 Å². The molecule has 0 radical (unpaired) electrons. The van der Waals surface area contributed by atoms with Crippen molar-refractivity contribution in [2.24, 2.45) is 0 Å². The first-order valence-corrected chi connectivity index (χ1v) is 5.16. The van der Waals surface area contributed by atoms with E-state index in [1.807, 2.05) is 6.07 Å². The Morgan fingerprint density at radius 3 is 2.88 bits per heavy atom. The zero-order chi connectivity index (χ0) is 11.7. The van der Waals surface area contributed by atoms with Crippen molar-refractivity contribution in [1.82, 2.24) is 4.57 Å². The van der Waals surface area contributed by atoms with Gasteiger partial charge in [-0.15, -0.1) is 0 Å². The first-order chi connectivity index (χ1) is 7.59. The number of phenolic OH excluding ortho intramolecular Hbond substituents is 1. The number of aliphatic carboxylic acids is 1. The highest BCUT2D eigenvalue weighted by Gasteiger charge is 2.11. The summed E-state index contributed by atoms with van der Waals surface area (Å²) >= 11 is 5.98. The molecule has 0 aliphatic rings. The predicted molar refractivity (Wildman–Crippen MR) is 60.9 cm³/mol. The fourth-order valence-electron chi connectivity index (χ4n) is 1.70. The van der Waals surface area contributed by atoms with Crippen molar-refractivity contribution in [3.8, 4) is 5.75 Å². The smallest absolute Gasteiger partial charge is 0.305 e. The first kappa shape index (κ1) is 10.8. The third-order valence-corrected chi connectivity index (χ3v) is 2.71. The van der Waals surface area contributed by atoms with Crippen LogP contribution in [0.5, 0.6) is 5.75 Å². The van der Waals surface area contributed by atoms with Crippen molar-refractivity contribution in [2.75, 3.05) is 0 Å². The molecule has 1 heterocycles. The Balaban J connectivity index is 2.50. The Kier molecular flexibility index (Phi) is 2.75. The Morgan fingerprint density at radius 2 is 2.19 bits per heavy atom. The summed E-state index contributed by atoms with van der Waals surface area (Å²) in [5.74, 6) is -0.789. The van der Waals surface area contributed by atoms with Crippen molar-refractivity contribution in [3.05, 3.63) is 29.4 Å². The highest BCUT2D eigenvalue weighted by atomic mass is 35.5. The molecule has 0 amide bonds. The average Bonchev–Trinajstić information content (AvgIpc) is 2.52. The SMILES string of the molecule is O=C(O)CCn1c(Cl)cc2cccc(O)c21. The quantitative estimate of drug-likeness (QED) is 0.865. The third kappa shape index (κ3) is 1.84. The number of phenols is 1. The lowest BCUT2D eigenvalue weighted by molar-refractivity contribution is -0.137. The van der Waals surface area contributed by atoms with Crippen LogP contribution in [0.3, 0.4) is 0 Å². The van der Waals surface area contributed by atoms with Crippen LogP contribution < -0.4 is 0 Å². The van der Waals surface area contributed by atoms with Gasteiger partial charge in [-0.3, -0.25) is 4.79 Å². The second kappa shape index (κ2) is 4.06. The number of hydrogen-bond donors (Lipinski definition) is 2. The number of carbonyl (C=O) groups is 1. The monoisotopic (exact) mass is 239 g/mol. The van der Waals surface area contributed by atoms with Crippen LogP contribution in [0.15, 0.2) is 24.3 Å². The summed E-state index contributed by atoms with van der Waals surface area (Å²) in [5, 5.41) is 19.6. The molecular weight excluding hydrogens is 230 g/mol. The van der Waals surface area contributed by atoms with Gasteiger partial charge in [-0.25, -0.2) is 0 Å². The van der Waals surface area contributed by atoms with Gasteiger partial charge in [-0.2, -0.15) is 0 Å². The molecule has 0 saturated carbocycles. The molecule has 4 nitrogen and oxygen atoms in total. The summed E-state index contributed by atoms with van der Waals surface area (Å²) in [7, 11) is 0. The van der Waals surface area contributed by atoms with Gasteiger partial charge in [0.1, 0.15) is 10.9 Å². The Morgan fingerprint density at radius 1 is 1.44 bits per heavy atom. The maximum atomic E-state index is 10.5. The molecule has 0 bridgehead atoms. The highest BCUT2D eigenvalue weighted by molar-refractivity contribution is 6.31. The summed E-state index contributed by atoms with van der Waals surface area (Å²) in [5.41, 5.74) is 0.578. The maximum absolute atomic E-state index is 10.5. The number of halogens is 1. The van der Waals surface area contributed by atoms with E-state index in [-0.39, 0.29) is 18.7 Å². The standard InChI is InChI=1S/C11H10ClNO3/c12-9-6-7-2-1-3-8(14)11(7)13(9)5-4-10(15)16/h1-3,6,14H,4-5H2,(H,15,16). The molecule has 0 atom stereocenters. The summed E-state index contributed by atoms with van der Waals surface area (Å²) in [6.07, 6.45) is -0.0299. The molecule has 84 valence electrons. The summed E-state index contributed by atoms with van der Waals surface area (Å²) in [4.78, 5) is 10.5. The van der Waals surface area contributed by atoms with Crippen LogP contribution in [-0.4, -0.2) is 20.7 Å². The number of carboxylic acid groups (broad SMARTS) is 1. The number of rotatable bonds is 3. The molecule has 0 saturated heterocycles. The lowest BCUT2D eigenvalue weighted by Crippen LogP contribution is -2.04. The van der Waals surface area contributed by atoms with Crippen molar-refractivity contribution in [1.29, 1.82) is 0 Å². The molecular formula is C11H10ClNO3. The topological polar surface area (TPSA) is 62.5 Å². The van der Waals surface area contributed by atoms with Gasteiger partial charge in [0.15, 0.2) is 0 Å². The van der Waals surface area contributed by atoms with Crippen molar-refractivity contribution < 1.29 is 15.0 Å². The number of fused-ring (bicyclic) bond motifs is 1. The molecule has 2 rings (SSSR count). The molecule has 1 aromatic carbocycles.